The minimum absolute atomic E-state index is 0.0238. The molecule has 0 spiro atoms. The highest BCUT2D eigenvalue weighted by molar-refractivity contribution is 7.10. The lowest BCUT2D eigenvalue weighted by molar-refractivity contribution is -0.142. The maximum atomic E-state index is 11.3. The quantitative estimate of drug-likeness (QED) is 0.562. The van der Waals surface area contributed by atoms with Crippen molar-refractivity contribution in [1.29, 1.82) is 0 Å². The Labute approximate surface area is 97.8 Å². The normalized spacial score (nSPS) is 9.81. The van der Waals surface area contributed by atoms with Crippen LogP contribution in [0.3, 0.4) is 0 Å². The van der Waals surface area contributed by atoms with Crippen LogP contribution in [0.2, 0.25) is 0 Å². The lowest BCUT2D eigenvalue weighted by atomic mass is 10.3. The van der Waals surface area contributed by atoms with Gasteiger partial charge < -0.3 is 4.74 Å². The molecule has 0 saturated carbocycles. The molecule has 88 valence electrons. The lowest BCUT2D eigenvalue weighted by Gasteiger charge is -2.05. The van der Waals surface area contributed by atoms with Crippen LogP contribution < -0.4 is 10.9 Å². The van der Waals surface area contributed by atoms with Gasteiger partial charge in [-0.2, -0.15) is 0 Å². The van der Waals surface area contributed by atoms with Gasteiger partial charge in [0.2, 0.25) is 5.91 Å². The van der Waals surface area contributed by atoms with Crippen LogP contribution in [0.1, 0.15) is 11.8 Å². The van der Waals surface area contributed by atoms with Crippen molar-refractivity contribution in [2.75, 3.05) is 13.2 Å². The van der Waals surface area contributed by atoms with E-state index in [0.717, 1.165) is 4.88 Å². The van der Waals surface area contributed by atoms with E-state index < -0.39 is 0 Å². The third-order valence-electron chi connectivity index (χ3n) is 1.68. The Balaban J connectivity index is 2.13. The summed E-state index contributed by atoms with van der Waals surface area (Å²) in [5.74, 6) is -0.564. The summed E-state index contributed by atoms with van der Waals surface area (Å²) >= 11 is 1.52. The van der Waals surface area contributed by atoms with E-state index in [1.165, 1.54) is 11.3 Å². The zero-order valence-corrected chi connectivity index (χ0v) is 9.80. The van der Waals surface area contributed by atoms with Crippen LogP contribution in [0.25, 0.3) is 0 Å². The number of amides is 1. The first kappa shape index (κ1) is 12.7. The summed E-state index contributed by atoms with van der Waals surface area (Å²) in [4.78, 5) is 23.2. The molecule has 6 heteroatoms. The van der Waals surface area contributed by atoms with Gasteiger partial charge in [-0.1, -0.05) is 6.07 Å². The Morgan fingerprint density at radius 3 is 2.94 bits per heavy atom. The Morgan fingerprint density at radius 1 is 1.50 bits per heavy atom. The van der Waals surface area contributed by atoms with Crippen molar-refractivity contribution in [3.63, 3.8) is 0 Å². The summed E-state index contributed by atoms with van der Waals surface area (Å²) in [6.45, 7) is 2.04. The summed E-state index contributed by atoms with van der Waals surface area (Å²) in [6, 6.07) is 3.77. The first-order valence-electron chi connectivity index (χ1n) is 4.92. The molecule has 0 fully saturated rings. The SMILES string of the molecule is CCOC(=O)CNNC(=O)Cc1cccs1. The van der Waals surface area contributed by atoms with Crippen LogP contribution in [0.15, 0.2) is 17.5 Å². The second-order valence-electron chi connectivity index (χ2n) is 2.96. The topological polar surface area (TPSA) is 67.4 Å². The third-order valence-corrected chi connectivity index (χ3v) is 2.56. The van der Waals surface area contributed by atoms with Gasteiger partial charge in [-0.05, 0) is 18.4 Å². The Hall–Kier alpha value is -1.40. The van der Waals surface area contributed by atoms with Crippen LogP contribution in [0, 0.1) is 0 Å². The van der Waals surface area contributed by atoms with E-state index >= 15 is 0 Å². The predicted octanol–water partition coefficient (Wildman–Crippen LogP) is 0.475. The number of carbonyl (C=O) groups excluding carboxylic acids is 2. The number of hydrogen-bond acceptors (Lipinski definition) is 5. The standard InChI is InChI=1S/C10H14N2O3S/c1-2-15-10(14)7-11-12-9(13)6-8-4-3-5-16-8/h3-5,11H,2,6-7H2,1H3,(H,12,13). The molecule has 1 aromatic rings. The summed E-state index contributed by atoms with van der Waals surface area (Å²) in [6.07, 6.45) is 0.313. The summed E-state index contributed by atoms with van der Waals surface area (Å²) in [7, 11) is 0. The molecule has 5 nitrogen and oxygen atoms in total. The number of rotatable bonds is 6. The second kappa shape index (κ2) is 6.97. The first-order valence-corrected chi connectivity index (χ1v) is 5.80. The smallest absolute Gasteiger partial charge is 0.321 e. The molecule has 0 saturated heterocycles. The number of esters is 1. The number of ether oxygens (including phenoxy) is 1. The van der Waals surface area contributed by atoms with E-state index in [2.05, 4.69) is 15.6 Å². The van der Waals surface area contributed by atoms with Crippen LogP contribution in [0.5, 0.6) is 0 Å². The highest BCUT2D eigenvalue weighted by Gasteiger charge is 2.05. The molecule has 16 heavy (non-hydrogen) atoms. The molecule has 0 atom stereocenters. The zero-order chi connectivity index (χ0) is 11.8. The van der Waals surface area contributed by atoms with Gasteiger partial charge in [-0.25, -0.2) is 5.43 Å². The summed E-state index contributed by atoms with van der Waals surface area (Å²) < 4.78 is 4.68. The van der Waals surface area contributed by atoms with Gasteiger partial charge in [0.05, 0.1) is 13.0 Å². The molecule has 0 aliphatic rings. The van der Waals surface area contributed by atoms with Gasteiger partial charge in [0.15, 0.2) is 0 Å². The molecule has 0 aliphatic heterocycles. The van der Waals surface area contributed by atoms with Gasteiger partial charge in [0, 0.05) is 4.88 Å². The highest BCUT2D eigenvalue weighted by atomic mass is 32.1. The maximum Gasteiger partial charge on any atom is 0.321 e. The molecule has 1 amide bonds. The number of hydrogen-bond donors (Lipinski definition) is 2. The fraction of sp³-hybridized carbons (Fsp3) is 0.400. The van der Waals surface area contributed by atoms with Crippen molar-refractivity contribution < 1.29 is 14.3 Å². The first-order chi connectivity index (χ1) is 7.72. The highest BCUT2D eigenvalue weighted by Crippen LogP contribution is 2.08. The van der Waals surface area contributed by atoms with E-state index in [1.807, 2.05) is 17.5 Å². The van der Waals surface area contributed by atoms with Crippen LogP contribution in [-0.4, -0.2) is 25.0 Å². The average molecular weight is 242 g/mol. The zero-order valence-electron chi connectivity index (χ0n) is 8.99. The van der Waals surface area contributed by atoms with Gasteiger partial charge in [0.25, 0.3) is 0 Å². The largest absolute Gasteiger partial charge is 0.465 e. The fourth-order valence-electron chi connectivity index (χ4n) is 1.04. The van der Waals surface area contributed by atoms with Gasteiger partial charge in [0.1, 0.15) is 6.54 Å². The van der Waals surface area contributed by atoms with E-state index in [9.17, 15) is 9.59 Å². The minimum atomic E-state index is -0.390. The summed E-state index contributed by atoms with van der Waals surface area (Å²) in [5, 5.41) is 1.91. The van der Waals surface area contributed by atoms with Crippen molar-refractivity contribution in [3.8, 4) is 0 Å². The number of thiophene rings is 1. The average Bonchev–Trinajstić information content (AvgIpc) is 2.70. The minimum Gasteiger partial charge on any atom is -0.465 e. The van der Waals surface area contributed by atoms with Crippen molar-refractivity contribution in [1.82, 2.24) is 10.9 Å². The molecule has 1 aromatic heterocycles. The fourth-order valence-corrected chi connectivity index (χ4v) is 1.75. The molecule has 1 heterocycles. The maximum absolute atomic E-state index is 11.3. The van der Waals surface area contributed by atoms with Crippen molar-refractivity contribution >= 4 is 23.2 Å². The molecule has 0 unspecified atom stereocenters. The number of carbonyl (C=O) groups is 2. The lowest BCUT2D eigenvalue weighted by Crippen LogP contribution is -2.41. The van der Waals surface area contributed by atoms with Gasteiger partial charge in [-0.15, -0.1) is 11.3 Å². The van der Waals surface area contributed by atoms with Crippen LogP contribution in [-0.2, 0) is 20.7 Å². The Kier molecular flexibility index (Phi) is 5.52. The molecule has 0 aliphatic carbocycles. The van der Waals surface area contributed by atoms with Gasteiger partial charge >= 0.3 is 5.97 Å². The van der Waals surface area contributed by atoms with Crippen LogP contribution >= 0.6 is 11.3 Å². The van der Waals surface area contributed by atoms with E-state index in [0.29, 0.717) is 13.0 Å². The van der Waals surface area contributed by atoms with E-state index in [4.69, 9.17) is 0 Å². The Bertz CT molecular complexity index is 338. The van der Waals surface area contributed by atoms with Crippen LogP contribution in [0.4, 0.5) is 0 Å². The van der Waals surface area contributed by atoms with Crippen molar-refractivity contribution in [2.24, 2.45) is 0 Å². The van der Waals surface area contributed by atoms with Gasteiger partial charge in [-0.3, -0.25) is 15.0 Å². The predicted molar refractivity (Wildman–Crippen MR) is 60.8 cm³/mol. The summed E-state index contributed by atoms with van der Waals surface area (Å²) in [5.41, 5.74) is 4.94. The van der Waals surface area contributed by atoms with E-state index in [1.54, 1.807) is 6.92 Å². The van der Waals surface area contributed by atoms with E-state index in [-0.39, 0.29) is 18.4 Å². The van der Waals surface area contributed by atoms with Crippen molar-refractivity contribution in [3.05, 3.63) is 22.4 Å². The molecule has 0 aromatic carbocycles. The third kappa shape index (κ3) is 4.90. The molecular formula is C10H14N2O3S. The molecule has 0 bridgehead atoms. The molecule has 0 radical (unpaired) electrons. The number of nitrogens with one attached hydrogen (secondary N) is 2. The molecule has 1 rings (SSSR count). The second-order valence-corrected chi connectivity index (χ2v) is 4.00. The monoisotopic (exact) mass is 242 g/mol. The molecular weight excluding hydrogens is 228 g/mol. The number of hydrazine groups is 1. The van der Waals surface area contributed by atoms with Crippen molar-refractivity contribution in [2.45, 2.75) is 13.3 Å². The molecule has 2 N–H and O–H groups in total. The Morgan fingerprint density at radius 2 is 2.31 bits per heavy atom.